The molecule has 0 fully saturated rings. The van der Waals surface area contributed by atoms with Crippen LogP contribution >= 0.6 is 0 Å². The minimum atomic E-state index is -1.21. The molecular weight excluding hydrogens is 245 g/mol. The number of hydrogen-bond donors (Lipinski definition) is 0. The Morgan fingerprint density at radius 3 is 2.39 bits per heavy atom. The van der Waals surface area contributed by atoms with Gasteiger partial charge in [-0.15, -0.1) is 0 Å². The second kappa shape index (κ2) is 6.42. The third kappa shape index (κ3) is 4.39. The molecule has 0 aromatic heterocycles. The average Bonchev–Trinajstić information content (AvgIpc) is 2.24. The summed E-state index contributed by atoms with van der Waals surface area (Å²) in [7, 11) is 0. The largest absolute Gasteiger partial charge is 0.463 e. The Bertz CT molecular complexity index is 430. The van der Waals surface area contributed by atoms with E-state index < -0.39 is 17.5 Å². The number of aryl methyl sites for hydroxylation is 1. The summed E-state index contributed by atoms with van der Waals surface area (Å²) in [5, 5.41) is 0. The highest BCUT2D eigenvalue weighted by Gasteiger charge is 2.11. The summed E-state index contributed by atoms with van der Waals surface area (Å²) in [5.41, 5.74) is 0.0613. The number of esters is 1. The molecule has 0 N–H and O–H groups in total. The van der Waals surface area contributed by atoms with Crippen LogP contribution in [0.5, 0.6) is 0 Å². The molecule has 0 atom stereocenters. The van der Waals surface area contributed by atoms with E-state index in [1.54, 1.807) is 13.8 Å². The Kier molecular flexibility index (Phi) is 5.19. The second-order valence-corrected chi connectivity index (χ2v) is 4.25. The predicted octanol–water partition coefficient (Wildman–Crippen LogP) is 3.38. The molecule has 5 heteroatoms. The van der Waals surface area contributed by atoms with E-state index in [0.29, 0.717) is 12.5 Å². The number of halogens is 3. The van der Waals surface area contributed by atoms with Gasteiger partial charge in [-0.1, -0.05) is 0 Å². The van der Waals surface area contributed by atoms with E-state index >= 15 is 0 Å². The molecule has 0 aliphatic carbocycles. The normalized spacial score (nSPS) is 10.8. The maximum absolute atomic E-state index is 13.2. The Morgan fingerprint density at radius 1 is 1.17 bits per heavy atom. The summed E-state index contributed by atoms with van der Waals surface area (Å²) in [4.78, 5) is 11.2. The van der Waals surface area contributed by atoms with Crippen molar-refractivity contribution in [3.63, 3.8) is 0 Å². The summed E-state index contributed by atoms with van der Waals surface area (Å²) < 4.78 is 43.7. The third-order valence-corrected chi connectivity index (χ3v) is 2.28. The van der Waals surface area contributed by atoms with Crippen molar-refractivity contribution in [3.8, 4) is 0 Å². The number of carbonyl (C=O) groups is 1. The van der Waals surface area contributed by atoms with Crippen molar-refractivity contribution in [2.75, 3.05) is 0 Å². The van der Waals surface area contributed by atoms with E-state index in [0.717, 1.165) is 6.07 Å². The molecule has 0 spiro atoms. The maximum Gasteiger partial charge on any atom is 0.306 e. The van der Waals surface area contributed by atoms with Crippen LogP contribution in [-0.4, -0.2) is 12.1 Å². The second-order valence-electron chi connectivity index (χ2n) is 4.25. The Labute approximate surface area is 104 Å². The standard InChI is InChI=1S/C13H15F3O2/c1-8(2)18-13(17)5-3-4-9-6-11(15)12(16)7-10(9)14/h6-8H,3-5H2,1-2H3. The fourth-order valence-electron chi connectivity index (χ4n) is 1.50. The number of rotatable bonds is 5. The zero-order valence-electron chi connectivity index (χ0n) is 10.3. The van der Waals surface area contributed by atoms with Crippen LogP contribution in [0, 0.1) is 17.5 Å². The lowest BCUT2D eigenvalue weighted by atomic mass is 10.1. The lowest BCUT2D eigenvalue weighted by Crippen LogP contribution is -2.11. The quantitative estimate of drug-likeness (QED) is 0.599. The highest BCUT2D eigenvalue weighted by Crippen LogP contribution is 2.16. The SMILES string of the molecule is CC(C)OC(=O)CCCc1cc(F)c(F)cc1F. The highest BCUT2D eigenvalue weighted by atomic mass is 19.2. The number of carbonyl (C=O) groups excluding carboxylic acids is 1. The molecule has 2 nitrogen and oxygen atoms in total. The zero-order chi connectivity index (χ0) is 13.7. The van der Waals surface area contributed by atoms with Crippen LogP contribution < -0.4 is 0 Å². The van der Waals surface area contributed by atoms with Gasteiger partial charge in [0.2, 0.25) is 0 Å². The van der Waals surface area contributed by atoms with Gasteiger partial charge in [0.1, 0.15) is 5.82 Å². The van der Waals surface area contributed by atoms with Crippen LogP contribution in [0.2, 0.25) is 0 Å². The molecule has 1 aromatic rings. The van der Waals surface area contributed by atoms with E-state index in [9.17, 15) is 18.0 Å². The monoisotopic (exact) mass is 260 g/mol. The Hall–Kier alpha value is -1.52. The summed E-state index contributed by atoms with van der Waals surface area (Å²) in [6.07, 6.45) is 0.415. The van der Waals surface area contributed by atoms with Crippen molar-refractivity contribution in [1.82, 2.24) is 0 Å². The molecule has 0 saturated heterocycles. The van der Waals surface area contributed by atoms with Gasteiger partial charge >= 0.3 is 5.97 Å². The summed E-state index contributed by atoms with van der Waals surface area (Å²) in [6, 6.07) is 1.33. The molecule has 1 rings (SSSR count). The van der Waals surface area contributed by atoms with Gasteiger partial charge in [-0.2, -0.15) is 0 Å². The van der Waals surface area contributed by atoms with Crippen LogP contribution in [0.3, 0.4) is 0 Å². The molecule has 18 heavy (non-hydrogen) atoms. The van der Waals surface area contributed by atoms with Crippen molar-refractivity contribution in [2.24, 2.45) is 0 Å². The maximum atomic E-state index is 13.2. The molecule has 0 aliphatic heterocycles. The van der Waals surface area contributed by atoms with Gasteiger partial charge in [-0.05, 0) is 38.3 Å². The molecule has 0 aliphatic rings. The Balaban J connectivity index is 2.49. The van der Waals surface area contributed by atoms with Crippen molar-refractivity contribution >= 4 is 5.97 Å². The van der Waals surface area contributed by atoms with Gasteiger partial charge in [0, 0.05) is 12.5 Å². The van der Waals surface area contributed by atoms with Crippen molar-refractivity contribution in [2.45, 2.75) is 39.2 Å². The molecule has 0 bridgehead atoms. The van der Waals surface area contributed by atoms with E-state index in [-0.39, 0.29) is 30.5 Å². The van der Waals surface area contributed by atoms with Crippen LogP contribution in [0.1, 0.15) is 32.3 Å². The molecule has 0 saturated carbocycles. The summed E-state index contributed by atoms with van der Waals surface area (Å²) in [6.45, 7) is 3.46. The third-order valence-electron chi connectivity index (χ3n) is 2.28. The van der Waals surface area contributed by atoms with Gasteiger partial charge in [-0.25, -0.2) is 13.2 Å². The fraction of sp³-hybridized carbons (Fsp3) is 0.462. The van der Waals surface area contributed by atoms with E-state index in [4.69, 9.17) is 4.74 Å². The van der Waals surface area contributed by atoms with E-state index in [1.165, 1.54) is 0 Å². The van der Waals surface area contributed by atoms with E-state index in [2.05, 4.69) is 0 Å². The van der Waals surface area contributed by atoms with Gasteiger partial charge in [0.05, 0.1) is 6.10 Å². The van der Waals surface area contributed by atoms with Crippen molar-refractivity contribution < 1.29 is 22.7 Å². The molecule has 0 radical (unpaired) electrons. The van der Waals surface area contributed by atoms with Gasteiger partial charge in [-0.3, -0.25) is 4.79 Å². The smallest absolute Gasteiger partial charge is 0.306 e. The molecule has 1 aromatic carbocycles. The minimum Gasteiger partial charge on any atom is -0.463 e. The van der Waals surface area contributed by atoms with Crippen LogP contribution in [0.15, 0.2) is 12.1 Å². The summed E-state index contributed by atoms with van der Waals surface area (Å²) in [5.74, 6) is -3.48. The first kappa shape index (κ1) is 14.5. The molecular formula is C13H15F3O2. The van der Waals surface area contributed by atoms with Crippen LogP contribution in [-0.2, 0) is 16.0 Å². The number of benzene rings is 1. The molecule has 0 amide bonds. The lowest BCUT2D eigenvalue weighted by molar-refractivity contribution is -0.147. The number of ether oxygens (including phenoxy) is 1. The Morgan fingerprint density at radius 2 is 1.78 bits per heavy atom. The molecule has 0 heterocycles. The number of hydrogen-bond acceptors (Lipinski definition) is 2. The average molecular weight is 260 g/mol. The zero-order valence-corrected chi connectivity index (χ0v) is 10.3. The predicted molar refractivity (Wildman–Crippen MR) is 60.5 cm³/mol. The van der Waals surface area contributed by atoms with Crippen LogP contribution in [0.4, 0.5) is 13.2 Å². The highest BCUT2D eigenvalue weighted by molar-refractivity contribution is 5.69. The topological polar surface area (TPSA) is 26.3 Å². The molecule has 100 valence electrons. The van der Waals surface area contributed by atoms with Crippen molar-refractivity contribution in [1.29, 1.82) is 0 Å². The first-order chi connectivity index (χ1) is 8.40. The lowest BCUT2D eigenvalue weighted by Gasteiger charge is -2.08. The van der Waals surface area contributed by atoms with Gasteiger partial charge in [0.15, 0.2) is 11.6 Å². The summed E-state index contributed by atoms with van der Waals surface area (Å²) >= 11 is 0. The fourth-order valence-corrected chi connectivity index (χ4v) is 1.50. The van der Waals surface area contributed by atoms with Crippen LogP contribution in [0.25, 0.3) is 0 Å². The first-order valence-corrected chi connectivity index (χ1v) is 5.73. The van der Waals surface area contributed by atoms with E-state index in [1.807, 2.05) is 0 Å². The minimum absolute atomic E-state index is 0.0613. The first-order valence-electron chi connectivity index (χ1n) is 5.73. The van der Waals surface area contributed by atoms with Gasteiger partial charge in [0.25, 0.3) is 0 Å². The van der Waals surface area contributed by atoms with Crippen molar-refractivity contribution in [3.05, 3.63) is 35.1 Å². The molecule has 0 unspecified atom stereocenters. The van der Waals surface area contributed by atoms with Gasteiger partial charge < -0.3 is 4.74 Å².